The molecule has 0 aliphatic heterocycles. The molecule has 0 aromatic heterocycles. The van der Waals surface area contributed by atoms with Crippen LogP contribution in [-0.4, -0.2) is 19.5 Å². The van der Waals surface area contributed by atoms with Crippen molar-refractivity contribution in [1.82, 2.24) is 4.31 Å². The Bertz CT molecular complexity index is 227. The van der Waals surface area contributed by atoms with Crippen LogP contribution in [0.5, 0.6) is 0 Å². The van der Waals surface area contributed by atoms with E-state index >= 15 is 0 Å². The molecular weight excluding hydrogens is 309 g/mol. The van der Waals surface area contributed by atoms with Crippen molar-refractivity contribution < 1.29 is 0 Å². The van der Waals surface area contributed by atoms with E-state index in [4.69, 9.17) is 34.8 Å². The van der Waals surface area contributed by atoms with Gasteiger partial charge in [-0.25, -0.2) is 4.31 Å². The Kier molecular flexibility index (Phi) is 6.28. The maximum Gasteiger partial charge on any atom is 0.251 e. The highest BCUT2D eigenvalue weighted by molar-refractivity contribution is 8.02. The predicted octanol–water partition coefficient (Wildman–Crippen LogP) is 5.93. The largest absolute Gasteiger partial charge is 0.251 e. The first-order chi connectivity index (χ1) is 8.56. The molecule has 18 heavy (non-hydrogen) atoms. The monoisotopic (exact) mass is 329 g/mol. The van der Waals surface area contributed by atoms with Gasteiger partial charge in [0.15, 0.2) is 0 Å². The fourth-order valence-electron chi connectivity index (χ4n) is 3.24. The third kappa shape index (κ3) is 4.94. The van der Waals surface area contributed by atoms with Crippen molar-refractivity contribution in [3.8, 4) is 0 Å². The van der Waals surface area contributed by atoms with Crippen molar-refractivity contribution in [1.29, 1.82) is 0 Å². The summed E-state index contributed by atoms with van der Waals surface area (Å²) in [6, 6.07) is 1.23. The lowest BCUT2D eigenvalue weighted by Gasteiger charge is -2.41. The molecule has 2 aliphatic rings. The predicted molar refractivity (Wildman–Crippen MR) is 83.5 cm³/mol. The molecule has 0 N–H and O–H groups in total. The van der Waals surface area contributed by atoms with E-state index in [-0.39, 0.29) is 0 Å². The van der Waals surface area contributed by atoms with Gasteiger partial charge in [-0.2, -0.15) is 0 Å². The van der Waals surface area contributed by atoms with Crippen molar-refractivity contribution in [3.63, 3.8) is 0 Å². The second-order valence-electron chi connectivity index (χ2n) is 5.48. The topological polar surface area (TPSA) is 3.24 Å². The number of halogens is 3. The van der Waals surface area contributed by atoms with Crippen LogP contribution in [0.25, 0.3) is 0 Å². The Morgan fingerprint density at radius 2 is 1.11 bits per heavy atom. The van der Waals surface area contributed by atoms with Gasteiger partial charge in [-0.15, -0.1) is 0 Å². The Labute approximate surface area is 130 Å². The number of hydrogen-bond donors (Lipinski definition) is 0. The molecule has 0 heterocycles. The molecule has 0 spiro atoms. The summed E-state index contributed by atoms with van der Waals surface area (Å²) >= 11 is 19.5. The molecule has 2 rings (SSSR count). The third-order valence-electron chi connectivity index (χ3n) is 4.08. The van der Waals surface area contributed by atoms with Gasteiger partial charge in [0, 0.05) is 12.1 Å². The SMILES string of the molecule is ClC(Cl)(Cl)SN(C1CCCCC1)C1CCCCC1. The maximum absolute atomic E-state index is 6.02. The zero-order chi connectivity index (χ0) is 13.0. The molecule has 0 unspecified atom stereocenters. The smallest absolute Gasteiger partial charge is 0.241 e. The van der Waals surface area contributed by atoms with Gasteiger partial charge in [-0.3, -0.25) is 0 Å². The summed E-state index contributed by atoms with van der Waals surface area (Å²) in [5.74, 6) is 0. The molecule has 2 aliphatic carbocycles. The average Bonchev–Trinajstić information content (AvgIpc) is 2.37. The first-order valence-corrected chi connectivity index (χ1v) is 9.01. The van der Waals surface area contributed by atoms with E-state index in [9.17, 15) is 0 Å². The number of hydrogen-bond acceptors (Lipinski definition) is 2. The molecule has 0 atom stereocenters. The molecule has 0 amide bonds. The van der Waals surface area contributed by atoms with E-state index in [0.29, 0.717) is 12.1 Å². The average molecular weight is 331 g/mol. The fourth-order valence-corrected chi connectivity index (χ4v) is 4.91. The van der Waals surface area contributed by atoms with Gasteiger partial charge in [0.25, 0.3) is 3.12 Å². The standard InChI is InChI=1S/C13H22Cl3NS/c14-13(15,16)18-17(11-7-3-1-4-8-11)12-9-5-2-6-10-12/h11-12H,1-10H2. The highest BCUT2D eigenvalue weighted by Gasteiger charge is 2.35. The molecule has 2 saturated carbocycles. The molecule has 0 radical (unpaired) electrons. The molecule has 5 heteroatoms. The second-order valence-corrected chi connectivity index (χ2v) is 9.65. The lowest BCUT2D eigenvalue weighted by atomic mass is 9.91. The number of rotatable bonds is 3. The van der Waals surface area contributed by atoms with Crippen LogP contribution in [0.1, 0.15) is 64.2 Å². The van der Waals surface area contributed by atoms with Crippen molar-refractivity contribution >= 4 is 46.8 Å². The van der Waals surface area contributed by atoms with Crippen molar-refractivity contribution in [2.24, 2.45) is 0 Å². The minimum atomic E-state index is -1.21. The van der Waals surface area contributed by atoms with Crippen LogP contribution in [0.15, 0.2) is 0 Å². The highest BCUT2D eigenvalue weighted by atomic mass is 35.6. The summed E-state index contributed by atoms with van der Waals surface area (Å²) in [7, 11) is 0. The van der Waals surface area contributed by atoms with Crippen molar-refractivity contribution in [2.75, 3.05) is 0 Å². The van der Waals surface area contributed by atoms with Crippen LogP contribution in [0, 0.1) is 0 Å². The van der Waals surface area contributed by atoms with Gasteiger partial charge in [0.1, 0.15) is 0 Å². The minimum absolute atomic E-state index is 0.613. The maximum atomic E-state index is 6.02. The molecule has 0 aromatic carbocycles. The van der Waals surface area contributed by atoms with Crippen LogP contribution in [-0.2, 0) is 0 Å². The van der Waals surface area contributed by atoms with Crippen LogP contribution in [0.3, 0.4) is 0 Å². The van der Waals surface area contributed by atoms with Gasteiger partial charge in [0.2, 0.25) is 0 Å². The summed E-state index contributed by atoms with van der Waals surface area (Å²) in [6.07, 6.45) is 13.1. The van der Waals surface area contributed by atoms with E-state index in [1.54, 1.807) is 0 Å². The summed E-state index contributed by atoms with van der Waals surface area (Å²) in [5.41, 5.74) is 0. The van der Waals surface area contributed by atoms with Gasteiger partial charge < -0.3 is 0 Å². The molecule has 0 bridgehead atoms. The van der Waals surface area contributed by atoms with E-state index < -0.39 is 3.12 Å². The summed E-state index contributed by atoms with van der Waals surface area (Å²) < 4.78 is 1.24. The van der Waals surface area contributed by atoms with Crippen LogP contribution >= 0.6 is 46.8 Å². The fraction of sp³-hybridized carbons (Fsp3) is 1.00. The van der Waals surface area contributed by atoms with Crippen molar-refractivity contribution in [3.05, 3.63) is 0 Å². The Morgan fingerprint density at radius 1 is 0.722 bits per heavy atom. The molecule has 0 aromatic rings. The van der Waals surface area contributed by atoms with Gasteiger partial charge >= 0.3 is 0 Å². The number of alkyl halides is 3. The quantitative estimate of drug-likeness (QED) is 0.466. The molecule has 106 valence electrons. The normalized spacial score (nSPS) is 24.7. The zero-order valence-corrected chi connectivity index (χ0v) is 13.8. The number of nitrogens with zero attached hydrogens (tertiary/aromatic N) is 1. The van der Waals surface area contributed by atoms with Crippen LogP contribution in [0.4, 0.5) is 0 Å². The Hall–Kier alpha value is 1.18. The van der Waals surface area contributed by atoms with Gasteiger partial charge in [-0.1, -0.05) is 73.3 Å². The first-order valence-electron chi connectivity index (χ1n) is 7.10. The van der Waals surface area contributed by atoms with Crippen LogP contribution < -0.4 is 0 Å². The first kappa shape index (κ1) is 15.6. The molecule has 0 saturated heterocycles. The van der Waals surface area contributed by atoms with E-state index in [2.05, 4.69) is 4.31 Å². The van der Waals surface area contributed by atoms with Crippen molar-refractivity contribution in [2.45, 2.75) is 79.4 Å². The third-order valence-corrected chi connectivity index (χ3v) is 5.71. The van der Waals surface area contributed by atoms with E-state index in [0.717, 1.165) is 0 Å². The summed E-state index contributed by atoms with van der Waals surface area (Å²) in [5, 5.41) is 0. The zero-order valence-electron chi connectivity index (χ0n) is 10.7. The molecular formula is C13H22Cl3NS. The lowest BCUT2D eigenvalue weighted by molar-refractivity contribution is 0.185. The second kappa shape index (κ2) is 7.26. The molecule has 1 nitrogen and oxygen atoms in total. The molecule has 2 fully saturated rings. The van der Waals surface area contributed by atoms with Crippen LogP contribution in [0.2, 0.25) is 0 Å². The van der Waals surface area contributed by atoms with Gasteiger partial charge in [-0.05, 0) is 37.6 Å². The highest BCUT2D eigenvalue weighted by Crippen LogP contribution is 2.46. The van der Waals surface area contributed by atoms with E-state index in [1.807, 2.05) is 0 Å². The van der Waals surface area contributed by atoms with E-state index in [1.165, 1.54) is 76.2 Å². The summed E-state index contributed by atoms with van der Waals surface area (Å²) in [6.45, 7) is 0. The summed E-state index contributed by atoms with van der Waals surface area (Å²) in [4.78, 5) is 0. The Balaban J connectivity index is 2.00. The minimum Gasteiger partial charge on any atom is -0.241 e. The Morgan fingerprint density at radius 3 is 1.44 bits per heavy atom. The van der Waals surface area contributed by atoms with Gasteiger partial charge in [0.05, 0.1) is 0 Å². The lowest BCUT2D eigenvalue weighted by Crippen LogP contribution is -2.41.